The van der Waals surface area contributed by atoms with Gasteiger partial charge in [0.2, 0.25) is 0 Å². The Morgan fingerprint density at radius 3 is 2.89 bits per heavy atom. The van der Waals surface area contributed by atoms with E-state index in [1.165, 1.54) is 0 Å². The van der Waals surface area contributed by atoms with Crippen molar-refractivity contribution in [3.8, 4) is 0 Å². The summed E-state index contributed by atoms with van der Waals surface area (Å²) >= 11 is 0. The lowest BCUT2D eigenvalue weighted by atomic mass is 10.4. The van der Waals surface area contributed by atoms with Crippen LogP contribution < -0.4 is 10.6 Å². The molecule has 98 valence electrons. The Morgan fingerprint density at radius 1 is 1.44 bits per heavy atom. The van der Waals surface area contributed by atoms with Crippen molar-refractivity contribution in [2.24, 2.45) is 0 Å². The van der Waals surface area contributed by atoms with Crippen LogP contribution in [0.3, 0.4) is 0 Å². The number of carbonyl (C=O) groups excluding carboxylic acids is 1. The third-order valence-corrected chi connectivity index (χ3v) is 1.91. The highest BCUT2D eigenvalue weighted by atomic mass is 16.5. The Kier molecular flexibility index (Phi) is 5.43. The van der Waals surface area contributed by atoms with Gasteiger partial charge in [-0.2, -0.15) is 0 Å². The fourth-order valence-corrected chi connectivity index (χ4v) is 1.16. The lowest BCUT2D eigenvalue weighted by molar-refractivity contribution is -0.135. The standard InChI is InChI=1S/C11H15N3O4/c1-8-3-2-4-9(14-8)12-5-6-18-11(17)13-7-10(15)16/h2-4H,5-7H2,1H3,(H,12,14)(H,13,17)(H,15,16). The maximum Gasteiger partial charge on any atom is 0.407 e. The summed E-state index contributed by atoms with van der Waals surface area (Å²) in [6, 6.07) is 5.55. The van der Waals surface area contributed by atoms with Gasteiger partial charge in [-0.3, -0.25) is 4.79 Å². The van der Waals surface area contributed by atoms with Gasteiger partial charge in [-0.15, -0.1) is 0 Å². The highest BCUT2D eigenvalue weighted by molar-refractivity contribution is 5.76. The number of hydrogen-bond acceptors (Lipinski definition) is 5. The van der Waals surface area contributed by atoms with E-state index >= 15 is 0 Å². The van der Waals surface area contributed by atoms with Crippen molar-refractivity contribution < 1.29 is 19.4 Å². The first kappa shape index (κ1) is 13.8. The number of rotatable bonds is 6. The molecule has 0 aliphatic heterocycles. The number of nitrogens with zero attached hydrogens (tertiary/aromatic N) is 1. The van der Waals surface area contributed by atoms with Crippen molar-refractivity contribution >= 4 is 17.9 Å². The number of aryl methyl sites for hydroxylation is 1. The number of aliphatic carboxylic acids is 1. The summed E-state index contributed by atoms with van der Waals surface area (Å²) < 4.78 is 4.74. The fourth-order valence-electron chi connectivity index (χ4n) is 1.16. The molecule has 0 saturated carbocycles. The monoisotopic (exact) mass is 253 g/mol. The highest BCUT2D eigenvalue weighted by Gasteiger charge is 2.03. The zero-order chi connectivity index (χ0) is 13.4. The van der Waals surface area contributed by atoms with Gasteiger partial charge in [0.1, 0.15) is 19.0 Å². The quantitative estimate of drug-likeness (QED) is 0.642. The van der Waals surface area contributed by atoms with Crippen LogP contribution in [-0.2, 0) is 9.53 Å². The van der Waals surface area contributed by atoms with Crippen LogP contribution in [0.2, 0.25) is 0 Å². The first-order chi connectivity index (χ1) is 8.58. The van der Waals surface area contributed by atoms with Crippen LogP contribution in [0.1, 0.15) is 5.69 Å². The number of anilines is 1. The van der Waals surface area contributed by atoms with Crippen molar-refractivity contribution in [3.63, 3.8) is 0 Å². The van der Waals surface area contributed by atoms with Gasteiger partial charge in [0.05, 0.1) is 6.54 Å². The lowest BCUT2D eigenvalue weighted by Gasteiger charge is -2.07. The van der Waals surface area contributed by atoms with Gasteiger partial charge in [-0.25, -0.2) is 9.78 Å². The summed E-state index contributed by atoms with van der Waals surface area (Å²) in [5.41, 5.74) is 0.889. The van der Waals surface area contributed by atoms with Gasteiger partial charge < -0.3 is 20.5 Å². The Bertz CT molecular complexity index is 423. The number of carbonyl (C=O) groups is 2. The molecule has 1 amide bonds. The van der Waals surface area contributed by atoms with Crippen molar-refractivity contribution in [1.29, 1.82) is 0 Å². The minimum atomic E-state index is -1.12. The topological polar surface area (TPSA) is 101 Å². The van der Waals surface area contributed by atoms with Crippen molar-refractivity contribution in [3.05, 3.63) is 23.9 Å². The lowest BCUT2D eigenvalue weighted by Crippen LogP contribution is -2.31. The van der Waals surface area contributed by atoms with Crippen LogP contribution in [0.15, 0.2) is 18.2 Å². The Labute approximate surface area is 104 Å². The van der Waals surface area contributed by atoms with E-state index < -0.39 is 18.6 Å². The van der Waals surface area contributed by atoms with Gasteiger partial charge in [0.15, 0.2) is 0 Å². The number of carboxylic acid groups (broad SMARTS) is 1. The molecule has 1 aromatic rings. The Morgan fingerprint density at radius 2 is 2.22 bits per heavy atom. The molecule has 1 rings (SSSR count). The number of amides is 1. The van der Waals surface area contributed by atoms with E-state index in [0.29, 0.717) is 12.4 Å². The zero-order valence-corrected chi connectivity index (χ0v) is 9.97. The largest absolute Gasteiger partial charge is 0.480 e. The molecule has 1 heterocycles. The first-order valence-corrected chi connectivity index (χ1v) is 5.38. The van der Waals surface area contributed by atoms with E-state index in [-0.39, 0.29) is 6.61 Å². The third-order valence-electron chi connectivity index (χ3n) is 1.91. The summed E-state index contributed by atoms with van der Waals surface area (Å²) in [4.78, 5) is 25.3. The maximum atomic E-state index is 11.0. The molecule has 0 aliphatic rings. The number of pyridine rings is 1. The van der Waals surface area contributed by atoms with Crippen LogP contribution in [-0.4, -0.2) is 41.8 Å². The second-order valence-corrected chi connectivity index (χ2v) is 3.47. The van der Waals surface area contributed by atoms with Crippen LogP contribution in [0.25, 0.3) is 0 Å². The predicted molar refractivity (Wildman–Crippen MR) is 64.5 cm³/mol. The smallest absolute Gasteiger partial charge is 0.407 e. The minimum absolute atomic E-state index is 0.126. The summed E-state index contributed by atoms with van der Waals surface area (Å²) in [5.74, 6) is -0.418. The van der Waals surface area contributed by atoms with Crippen LogP contribution >= 0.6 is 0 Å². The predicted octanol–water partition coefficient (Wildman–Crippen LogP) is 0.613. The second kappa shape index (κ2) is 7.10. The molecular formula is C11H15N3O4. The van der Waals surface area contributed by atoms with E-state index in [4.69, 9.17) is 9.84 Å². The number of aromatic nitrogens is 1. The Hall–Kier alpha value is -2.31. The average molecular weight is 253 g/mol. The second-order valence-electron chi connectivity index (χ2n) is 3.47. The molecule has 0 atom stereocenters. The molecule has 3 N–H and O–H groups in total. The molecule has 7 heteroatoms. The molecule has 0 aliphatic carbocycles. The van der Waals surface area contributed by atoms with Gasteiger partial charge in [-0.1, -0.05) is 6.07 Å². The summed E-state index contributed by atoms with van der Waals surface area (Å²) in [6.45, 7) is 1.95. The molecule has 0 unspecified atom stereocenters. The molecule has 18 heavy (non-hydrogen) atoms. The maximum absolute atomic E-state index is 11.0. The SMILES string of the molecule is Cc1cccc(NCCOC(=O)NCC(=O)O)n1. The summed E-state index contributed by atoms with van der Waals surface area (Å²) in [7, 11) is 0. The highest BCUT2D eigenvalue weighted by Crippen LogP contribution is 2.02. The number of carboxylic acids is 1. The van der Waals surface area contributed by atoms with Gasteiger partial charge >= 0.3 is 12.1 Å². The normalized spacial score (nSPS) is 9.61. The van der Waals surface area contributed by atoms with E-state index in [2.05, 4.69) is 15.6 Å². The Balaban J connectivity index is 2.15. The zero-order valence-electron chi connectivity index (χ0n) is 9.97. The van der Waals surface area contributed by atoms with E-state index in [0.717, 1.165) is 5.69 Å². The molecule has 0 radical (unpaired) electrons. The molecule has 0 bridgehead atoms. The molecular weight excluding hydrogens is 238 g/mol. The first-order valence-electron chi connectivity index (χ1n) is 5.38. The van der Waals surface area contributed by atoms with E-state index in [1.54, 1.807) is 6.07 Å². The van der Waals surface area contributed by atoms with E-state index in [9.17, 15) is 9.59 Å². The van der Waals surface area contributed by atoms with E-state index in [1.807, 2.05) is 19.1 Å². The van der Waals surface area contributed by atoms with Crippen molar-refractivity contribution in [1.82, 2.24) is 10.3 Å². The van der Waals surface area contributed by atoms with Crippen molar-refractivity contribution in [2.75, 3.05) is 25.0 Å². The van der Waals surface area contributed by atoms with Gasteiger partial charge in [0.25, 0.3) is 0 Å². The minimum Gasteiger partial charge on any atom is -0.480 e. The third kappa shape index (κ3) is 5.69. The van der Waals surface area contributed by atoms with Crippen molar-refractivity contribution in [2.45, 2.75) is 6.92 Å². The number of ether oxygens (including phenoxy) is 1. The van der Waals surface area contributed by atoms with Gasteiger partial charge in [0, 0.05) is 5.69 Å². The molecule has 0 aromatic carbocycles. The van der Waals surface area contributed by atoms with Crippen LogP contribution in [0.5, 0.6) is 0 Å². The number of nitrogens with one attached hydrogen (secondary N) is 2. The number of alkyl carbamates (subject to hydrolysis) is 1. The van der Waals surface area contributed by atoms with Gasteiger partial charge in [-0.05, 0) is 19.1 Å². The fraction of sp³-hybridized carbons (Fsp3) is 0.364. The molecule has 0 fully saturated rings. The molecule has 0 spiro atoms. The number of hydrogen-bond donors (Lipinski definition) is 3. The summed E-state index contributed by atoms with van der Waals surface area (Å²) in [5, 5.41) is 13.4. The molecule has 1 aromatic heterocycles. The average Bonchev–Trinajstić information content (AvgIpc) is 2.32. The van der Waals surface area contributed by atoms with Crippen LogP contribution in [0.4, 0.5) is 10.6 Å². The molecule has 7 nitrogen and oxygen atoms in total. The summed E-state index contributed by atoms with van der Waals surface area (Å²) in [6.07, 6.45) is -0.753. The van der Waals surface area contributed by atoms with Crippen LogP contribution in [0, 0.1) is 6.92 Å². The molecule has 0 saturated heterocycles.